The fourth-order valence-electron chi connectivity index (χ4n) is 3.88. The Morgan fingerprint density at radius 3 is 2.39 bits per heavy atom. The van der Waals surface area contributed by atoms with Crippen LogP contribution in [0.4, 0.5) is 5.69 Å². The minimum atomic E-state index is -0.390. The lowest BCUT2D eigenvalue weighted by molar-refractivity contribution is -0.137. The van der Waals surface area contributed by atoms with Gasteiger partial charge in [0.25, 0.3) is 11.8 Å². The van der Waals surface area contributed by atoms with E-state index in [0.717, 1.165) is 22.3 Å². The molecule has 0 aliphatic carbocycles. The zero-order chi connectivity index (χ0) is 23.7. The highest BCUT2D eigenvalue weighted by Crippen LogP contribution is 2.34. The average Bonchev–Trinajstić information content (AvgIpc) is 3.03. The Morgan fingerprint density at radius 1 is 0.909 bits per heavy atom. The number of hydrogen-bond acceptors (Lipinski definition) is 4. The van der Waals surface area contributed by atoms with Crippen LogP contribution in [0.1, 0.15) is 27.8 Å². The van der Waals surface area contributed by atoms with E-state index >= 15 is 0 Å². The van der Waals surface area contributed by atoms with Gasteiger partial charge in [-0.05, 0) is 61.2 Å². The largest absolute Gasteiger partial charge is 0.496 e. The molecule has 0 radical (unpaired) electrons. The summed E-state index contributed by atoms with van der Waals surface area (Å²) in [5.74, 6) is -0.118. The van der Waals surface area contributed by atoms with Gasteiger partial charge in [0.15, 0.2) is 0 Å². The molecule has 3 aromatic rings. The molecule has 0 atom stereocenters. The van der Waals surface area contributed by atoms with Gasteiger partial charge < -0.3 is 10.1 Å². The highest BCUT2D eigenvalue weighted by molar-refractivity contribution is 6.36. The number of amides is 2. The third-order valence-electron chi connectivity index (χ3n) is 6.01. The molecule has 2 amide bonds. The number of nitrogens with zero attached hydrogens (tertiary/aromatic N) is 1. The van der Waals surface area contributed by atoms with Gasteiger partial charge >= 0.3 is 0 Å². The standard InChI is InChI=1S/C27H25ClN2O3/c1-16-12-13-19(14-17(16)2)24-25(29-22-10-7-9-21(28)18(22)3)27(32)30(26(24)31)15-20-8-5-6-11-23(20)33-4/h5-14,29H,15H2,1-4H3. The zero-order valence-electron chi connectivity index (χ0n) is 19.0. The molecule has 1 N–H and O–H groups in total. The van der Waals surface area contributed by atoms with E-state index in [-0.39, 0.29) is 18.1 Å². The van der Waals surface area contributed by atoms with E-state index in [0.29, 0.717) is 27.6 Å². The zero-order valence-corrected chi connectivity index (χ0v) is 19.8. The average molecular weight is 461 g/mol. The number of aryl methyl sites for hydroxylation is 2. The third-order valence-corrected chi connectivity index (χ3v) is 6.42. The van der Waals surface area contributed by atoms with E-state index in [1.807, 2.05) is 75.4 Å². The summed E-state index contributed by atoms with van der Waals surface area (Å²) in [6.07, 6.45) is 0. The van der Waals surface area contributed by atoms with E-state index in [1.54, 1.807) is 13.2 Å². The Kier molecular flexibility index (Phi) is 6.25. The lowest BCUT2D eigenvalue weighted by Crippen LogP contribution is -2.32. The quantitative estimate of drug-likeness (QED) is 0.482. The smallest absolute Gasteiger partial charge is 0.278 e. The van der Waals surface area contributed by atoms with Crippen LogP contribution in [0.5, 0.6) is 5.75 Å². The molecule has 168 valence electrons. The lowest BCUT2D eigenvalue weighted by Gasteiger charge is -2.17. The molecule has 1 aliphatic heterocycles. The molecule has 0 unspecified atom stereocenters. The van der Waals surface area contributed by atoms with Crippen LogP contribution >= 0.6 is 11.6 Å². The molecule has 0 spiro atoms. The third kappa shape index (κ3) is 4.24. The van der Waals surface area contributed by atoms with Crippen LogP contribution in [0.25, 0.3) is 5.57 Å². The van der Waals surface area contributed by atoms with Crippen LogP contribution in [-0.2, 0) is 16.1 Å². The molecule has 0 bridgehead atoms. The fourth-order valence-corrected chi connectivity index (χ4v) is 4.06. The van der Waals surface area contributed by atoms with Crippen molar-refractivity contribution in [3.8, 4) is 5.75 Å². The second-order valence-electron chi connectivity index (χ2n) is 8.09. The van der Waals surface area contributed by atoms with E-state index in [9.17, 15) is 9.59 Å². The number of carbonyl (C=O) groups excluding carboxylic acids is 2. The number of carbonyl (C=O) groups is 2. The first-order valence-electron chi connectivity index (χ1n) is 10.6. The molecule has 0 saturated heterocycles. The molecule has 1 heterocycles. The lowest BCUT2D eigenvalue weighted by atomic mass is 9.99. The van der Waals surface area contributed by atoms with Crippen LogP contribution in [0, 0.1) is 20.8 Å². The summed E-state index contributed by atoms with van der Waals surface area (Å²) >= 11 is 6.29. The van der Waals surface area contributed by atoms with Crippen molar-refractivity contribution in [3.05, 3.63) is 99.2 Å². The molecule has 6 heteroatoms. The van der Waals surface area contributed by atoms with E-state index in [1.165, 1.54) is 4.90 Å². The molecular weight excluding hydrogens is 436 g/mol. The molecule has 1 aliphatic rings. The Balaban J connectivity index is 1.80. The number of ether oxygens (including phenoxy) is 1. The second-order valence-corrected chi connectivity index (χ2v) is 8.50. The van der Waals surface area contributed by atoms with Crippen LogP contribution < -0.4 is 10.1 Å². The van der Waals surface area contributed by atoms with E-state index in [2.05, 4.69) is 5.32 Å². The summed E-state index contributed by atoms with van der Waals surface area (Å²) in [6, 6.07) is 18.6. The van der Waals surface area contributed by atoms with Crippen LogP contribution in [-0.4, -0.2) is 23.8 Å². The van der Waals surface area contributed by atoms with Gasteiger partial charge in [-0.15, -0.1) is 0 Å². The van der Waals surface area contributed by atoms with Gasteiger partial charge in [0.05, 0.1) is 19.2 Å². The molecule has 33 heavy (non-hydrogen) atoms. The van der Waals surface area contributed by atoms with Gasteiger partial charge in [-0.1, -0.05) is 54.1 Å². The SMILES string of the molecule is COc1ccccc1CN1C(=O)C(Nc2cccc(Cl)c2C)=C(c2ccc(C)c(C)c2)C1=O. The minimum Gasteiger partial charge on any atom is -0.496 e. The first-order chi connectivity index (χ1) is 15.8. The minimum absolute atomic E-state index is 0.107. The van der Waals surface area contributed by atoms with E-state index < -0.39 is 5.91 Å². The molecule has 4 rings (SSSR count). The number of imide groups is 1. The monoisotopic (exact) mass is 460 g/mol. The van der Waals surface area contributed by atoms with Crippen molar-refractivity contribution in [3.63, 3.8) is 0 Å². The van der Waals surface area contributed by atoms with Crippen molar-refractivity contribution < 1.29 is 14.3 Å². The first-order valence-corrected chi connectivity index (χ1v) is 11.0. The summed E-state index contributed by atoms with van der Waals surface area (Å²) in [5, 5.41) is 3.79. The Bertz CT molecular complexity index is 1300. The molecule has 3 aromatic carbocycles. The number of methoxy groups -OCH3 is 1. The highest BCUT2D eigenvalue weighted by Gasteiger charge is 2.39. The van der Waals surface area contributed by atoms with Crippen molar-refractivity contribution in [2.45, 2.75) is 27.3 Å². The van der Waals surface area contributed by atoms with Gasteiger partial charge in [0, 0.05) is 16.3 Å². The summed E-state index contributed by atoms with van der Waals surface area (Å²) in [6.45, 7) is 5.98. The first kappa shape index (κ1) is 22.6. The second kappa shape index (κ2) is 9.12. The normalized spacial score (nSPS) is 13.7. The number of anilines is 1. The Hall–Kier alpha value is -3.57. The highest BCUT2D eigenvalue weighted by atomic mass is 35.5. The number of hydrogen-bond donors (Lipinski definition) is 1. The maximum Gasteiger partial charge on any atom is 0.278 e. The molecule has 0 aromatic heterocycles. The summed E-state index contributed by atoms with van der Waals surface area (Å²) in [5.41, 5.74) is 5.67. The van der Waals surface area contributed by atoms with E-state index in [4.69, 9.17) is 16.3 Å². The van der Waals surface area contributed by atoms with Crippen molar-refractivity contribution in [1.82, 2.24) is 4.90 Å². The number of rotatable bonds is 6. The summed E-state index contributed by atoms with van der Waals surface area (Å²) in [4.78, 5) is 28.4. The Morgan fingerprint density at radius 2 is 1.67 bits per heavy atom. The van der Waals surface area contributed by atoms with Gasteiger partial charge in [-0.25, -0.2) is 0 Å². The van der Waals surface area contributed by atoms with Crippen molar-refractivity contribution in [2.24, 2.45) is 0 Å². The maximum atomic E-state index is 13.6. The number of para-hydroxylation sites is 1. The fraction of sp³-hybridized carbons (Fsp3) is 0.185. The molecular formula is C27H25ClN2O3. The predicted molar refractivity (Wildman–Crippen MR) is 131 cm³/mol. The van der Waals surface area contributed by atoms with Crippen molar-refractivity contribution >= 4 is 34.7 Å². The van der Waals surface area contributed by atoms with Gasteiger partial charge in [-0.2, -0.15) is 0 Å². The van der Waals surface area contributed by atoms with Crippen molar-refractivity contribution in [2.75, 3.05) is 12.4 Å². The molecule has 0 saturated carbocycles. The van der Waals surface area contributed by atoms with Gasteiger partial charge in [0.2, 0.25) is 0 Å². The van der Waals surface area contributed by atoms with Crippen LogP contribution in [0.15, 0.2) is 66.4 Å². The number of nitrogens with one attached hydrogen (secondary N) is 1. The molecule has 5 nitrogen and oxygen atoms in total. The van der Waals surface area contributed by atoms with Gasteiger partial charge in [-0.3, -0.25) is 14.5 Å². The van der Waals surface area contributed by atoms with Gasteiger partial charge in [0.1, 0.15) is 11.4 Å². The summed E-state index contributed by atoms with van der Waals surface area (Å²) in [7, 11) is 1.57. The topological polar surface area (TPSA) is 58.6 Å². The van der Waals surface area contributed by atoms with Crippen LogP contribution in [0.3, 0.4) is 0 Å². The summed E-state index contributed by atoms with van der Waals surface area (Å²) < 4.78 is 5.42. The van der Waals surface area contributed by atoms with Crippen molar-refractivity contribution in [1.29, 1.82) is 0 Å². The Labute approximate surface area is 198 Å². The predicted octanol–water partition coefficient (Wildman–Crippen LogP) is 5.67. The van der Waals surface area contributed by atoms with Crippen LogP contribution in [0.2, 0.25) is 5.02 Å². The number of benzene rings is 3. The molecule has 0 fully saturated rings. The number of halogens is 1. The maximum absolute atomic E-state index is 13.6.